The van der Waals surface area contributed by atoms with Gasteiger partial charge in [0.2, 0.25) is 5.82 Å². The van der Waals surface area contributed by atoms with Crippen molar-refractivity contribution in [1.29, 1.82) is 0 Å². The average molecular weight is 251 g/mol. The number of halogens is 2. The summed E-state index contributed by atoms with van der Waals surface area (Å²) in [7, 11) is 0. The lowest BCUT2D eigenvalue weighted by atomic mass is 10.3. The highest BCUT2D eigenvalue weighted by atomic mass is 19.2. The number of rotatable bonds is 3. The standard InChI is InChI=1S/C12H11F2N3O/c1-7-5-8(6-15)17-12(16-7)18-10-4-2-3-9(13)11(10)14/h2-5H,6,15H2,1H3. The Bertz CT molecular complexity index is 575. The van der Waals surface area contributed by atoms with Crippen LogP contribution in [0.4, 0.5) is 8.78 Å². The topological polar surface area (TPSA) is 61.0 Å². The number of benzene rings is 1. The van der Waals surface area contributed by atoms with E-state index < -0.39 is 11.6 Å². The zero-order chi connectivity index (χ0) is 13.1. The highest BCUT2D eigenvalue weighted by molar-refractivity contribution is 5.28. The van der Waals surface area contributed by atoms with Crippen LogP contribution in [0.15, 0.2) is 24.3 Å². The van der Waals surface area contributed by atoms with Crippen LogP contribution in [-0.4, -0.2) is 9.97 Å². The SMILES string of the molecule is Cc1cc(CN)nc(Oc2cccc(F)c2F)n1. The van der Waals surface area contributed by atoms with Gasteiger partial charge in [-0.3, -0.25) is 0 Å². The van der Waals surface area contributed by atoms with Crippen LogP contribution in [-0.2, 0) is 6.54 Å². The lowest BCUT2D eigenvalue weighted by Crippen LogP contribution is -2.04. The molecule has 0 aliphatic rings. The molecule has 2 N–H and O–H groups in total. The fraction of sp³-hybridized carbons (Fsp3) is 0.167. The number of aryl methyl sites for hydroxylation is 1. The van der Waals surface area contributed by atoms with E-state index in [0.717, 1.165) is 6.07 Å². The third-order valence-electron chi connectivity index (χ3n) is 2.21. The molecular formula is C12H11F2N3O. The summed E-state index contributed by atoms with van der Waals surface area (Å²) in [6, 6.07) is 5.28. The maximum absolute atomic E-state index is 13.4. The average Bonchev–Trinajstić information content (AvgIpc) is 2.34. The number of hydrogen-bond acceptors (Lipinski definition) is 4. The van der Waals surface area contributed by atoms with Gasteiger partial charge in [-0.05, 0) is 25.1 Å². The van der Waals surface area contributed by atoms with Crippen molar-refractivity contribution in [3.8, 4) is 11.8 Å². The van der Waals surface area contributed by atoms with Crippen LogP contribution in [0.2, 0.25) is 0 Å². The van der Waals surface area contributed by atoms with Crippen LogP contribution in [0.3, 0.4) is 0 Å². The molecule has 0 bridgehead atoms. The highest BCUT2D eigenvalue weighted by Gasteiger charge is 2.11. The number of nitrogens with two attached hydrogens (primary N) is 1. The number of hydrogen-bond donors (Lipinski definition) is 1. The smallest absolute Gasteiger partial charge is 0.322 e. The first-order valence-electron chi connectivity index (χ1n) is 5.26. The van der Waals surface area contributed by atoms with E-state index in [0.29, 0.717) is 11.4 Å². The molecule has 0 radical (unpaired) electrons. The second-order valence-electron chi connectivity index (χ2n) is 3.64. The van der Waals surface area contributed by atoms with Gasteiger partial charge in [-0.15, -0.1) is 0 Å². The van der Waals surface area contributed by atoms with Gasteiger partial charge in [-0.1, -0.05) is 6.07 Å². The molecule has 0 fully saturated rings. The molecule has 18 heavy (non-hydrogen) atoms. The molecule has 94 valence electrons. The quantitative estimate of drug-likeness (QED) is 0.909. The fourth-order valence-corrected chi connectivity index (χ4v) is 1.42. The summed E-state index contributed by atoms with van der Waals surface area (Å²) in [4.78, 5) is 7.94. The van der Waals surface area contributed by atoms with Gasteiger partial charge in [-0.25, -0.2) is 9.37 Å². The molecule has 1 aromatic heterocycles. The molecule has 0 aliphatic carbocycles. The monoisotopic (exact) mass is 251 g/mol. The molecule has 0 unspecified atom stereocenters. The highest BCUT2D eigenvalue weighted by Crippen LogP contribution is 2.23. The predicted molar refractivity (Wildman–Crippen MR) is 61.1 cm³/mol. The maximum atomic E-state index is 13.4. The Morgan fingerprint density at radius 3 is 2.78 bits per heavy atom. The van der Waals surface area contributed by atoms with Gasteiger partial charge in [-0.2, -0.15) is 9.37 Å². The molecule has 0 saturated carbocycles. The normalized spacial score (nSPS) is 10.4. The second-order valence-corrected chi connectivity index (χ2v) is 3.64. The van der Waals surface area contributed by atoms with Crippen molar-refractivity contribution in [3.63, 3.8) is 0 Å². The Kier molecular flexibility index (Phi) is 3.47. The van der Waals surface area contributed by atoms with Crippen molar-refractivity contribution in [2.75, 3.05) is 0 Å². The molecule has 2 aromatic rings. The van der Waals surface area contributed by atoms with Crippen molar-refractivity contribution in [2.24, 2.45) is 5.73 Å². The van der Waals surface area contributed by atoms with Gasteiger partial charge in [0.15, 0.2) is 11.6 Å². The van der Waals surface area contributed by atoms with Gasteiger partial charge in [0, 0.05) is 12.2 Å². The van der Waals surface area contributed by atoms with Crippen molar-refractivity contribution >= 4 is 0 Å². The molecule has 2 rings (SSSR count). The summed E-state index contributed by atoms with van der Waals surface area (Å²) in [6.45, 7) is 1.95. The summed E-state index contributed by atoms with van der Waals surface area (Å²) in [5.41, 5.74) is 6.66. The van der Waals surface area contributed by atoms with Crippen LogP contribution in [0.1, 0.15) is 11.4 Å². The van der Waals surface area contributed by atoms with Crippen molar-refractivity contribution < 1.29 is 13.5 Å². The van der Waals surface area contributed by atoms with Crippen LogP contribution >= 0.6 is 0 Å². The molecule has 0 spiro atoms. The third-order valence-corrected chi connectivity index (χ3v) is 2.21. The van der Waals surface area contributed by atoms with E-state index in [1.54, 1.807) is 13.0 Å². The summed E-state index contributed by atoms with van der Waals surface area (Å²) in [6.07, 6.45) is 0. The number of ether oxygens (including phenoxy) is 1. The maximum Gasteiger partial charge on any atom is 0.322 e. The minimum atomic E-state index is -1.07. The minimum absolute atomic E-state index is 0.0556. The van der Waals surface area contributed by atoms with Gasteiger partial charge in [0.25, 0.3) is 0 Å². The summed E-state index contributed by atoms with van der Waals surface area (Å²) >= 11 is 0. The summed E-state index contributed by atoms with van der Waals surface area (Å²) < 4.78 is 31.5. The van der Waals surface area contributed by atoms with Gasteiger partial charge in [0.1, 0.15) is 0 Å². The lowest BCUT2D eigenvalue weighted by Gasteiger charge is -2.07. The van der Waals surface area contributed by atoms with Crippen molar-refractivity contribution in [2.45, 2.75) is 13.5 Å². The molecular weight excluding hydrogens is 240 g/mol. The first-order valence-corrected chi connectivity index (χ1v) is 5.26. The molecule has 1 heterocycles. The molecule has 0 saturated heterocycles. The van der Waals surface area contributed by atoms with E-state index >= 15 is 0 Å². The van der Waals surface area contributed by atoms with Crippen LogP contribution in [0, 0.1) is 18.6 Å². The Balaban J connectivity index is 2.34. The Labute approximate surface area is 102 Å². The molecule has 4 nitrogen and oxygen atoms in total. The summed E-state index contributed by atoms with van der Waals surface area (Å²) in [5.74, 6) is -2.32. The first-order chi connectivity index (χ1) is 8.60. The number of aromatic nitrogens is 2. The van der Waals surface area contributed by atoms with E-state index in [9.17, 15) is 8.78 Å². The first kappa shape index (κ1) is 12.4. The zero-order valence-electron chi connectivity index (χ0n) is 9.65. The second kappa shape index (κ2) is 5.05. The van der Waals surface area contributed by atoms with Crippen LogP contribution in [0.25, 0.3) is 0 Å². The lowest BCUT2D eigenvalue weighted by molar-refractivity contribution is 0.391. The Morgan fingerprint density at radius 2 is 2.06 bits per heavy atom. The fourth-order valence-electron chi connectivity index (χ4n) is 1.42. The minimum Gasteiger partial charge on any atom is -0.421 e. The predicted octanol–water partition coefficient (Wildman–Crippen LogP) is 2.31. The molecule has 0 atom stereocenters. The van der Waals surface area contributed by atoms with Crippen molar-refractivity contribution in [3.05, 3.63) is 47.3 Å². The van der Waals surface area contributed by atoms with Crippen molar-refractivity contribution in [1.82, 2.24) is 9.97 Å². The van der Waals surface area contributed by atoms with Gasteiger partial charge in [0.05, 0.1) is 5.69 Å². The van der Waals surface area contributed by atoms with Crippen LogP contribution in [0.5, 0.6) is 11.8 Å². The van der Waals surface area contributed by atoms with E-state index in [1.165, 1.54) is 12.1 Å². The Morgan fingerprint density at radius 1 is 1.28 bits per heavy atom. The zero-order valence-corrected chi connectivity index (χ0v) is 9.65. The van der Waals surface area contributed by atoms with Gasteiger partial charge >= 0.3 is 6.01 Å². The van der Waals surface area contributed by atoms with E-state index in [2.05, 4.69) is 9.97 Å². The van der Waals surface area contributed by atoms with E-state index in [1.807, 2.05) is 0 Å². The Hall–Kier alpha value is -2.08. The third kappa shape index (κ3) is 2.60. The molecule has 1 aromatic carbocycles. The van der Waals surface area contributed by atoms with Gasteiger partial charge < -0.3 is 10.5 Å². The molecule has 6 heteroatoms. The number of nitrogens with zero attached hydrogens (tertiary/aromatic N) is 2. The van der Waals surface area contributed by atoms with E-state index in [4.69, 9.17) is 10.5 Å². The molecule has 0 amide bonds. The van der Waals surface area contributed by atoms with E-state index in [-0.39, 0.29) is 18.3 Å². The van der Waals surface area contributed by atoms with Crippen LogP contribution < -0.4 is 10.5 Å². The largest absolute Gasteiger partial charge is 0.421 e. The molecule has 0 aliphatic heterocycles. The summed E-state index contributed by atoms with van der Waals surface area (Å²) in [5, 5.41) is 0.